The minimum atomic E-state index is -1.26. The lowest BCUT2D eigenvalue weighted by atomic mass is 9.92. The molecule has 10 nitrogen and oxygen atoms in total. The van der Waals surface area contributed by atoms with Crippen LogP contribution in [0.4, 0.5) is 4.79 Å². The zero-order valence-corrected chi connectivity index (χ0v) is 17.2. The van der Waals surface area contributed by atoms with E-state index in [4.69, 9.17) is 10.5 Å². The molecule has 0 saturated carbocycles. The second-order valence-electron chi connectivity index (χ2n) is 7.05. The first-order valence-electron chi connectivity index (χ1n) is 9.22. The molecule has 0 saturated heterocycles. The number of hydrogen-bond acceptors (Lipinski definition) is 7. The van der Waals surface area contributed by atoms with E-state index in [1.807, 2.05) is 0 Å². The Morgan fingerprint density at radius 3 is 2.67 bits per heavy atom. The van der Waals surface area contributed by atoms with Gasteiger partial charge in [-0.3, -0.25) is 14.4 Å². The van der Waals surface area contributed by atoms with E-state index in [-0.39, 0.29) is 28.6 Å². The fourth-order valence-corrected chi connectivity index (χ4v) is 4.93. The van der Waals surface area contributed by atoms with Gasteiger partial charge in [-0.15, -0.1) is 11.8 Å². The number of carboxylic acid groups (broad SMARTS) is 1. The number of rotatable bonds is 7. The molecule has 1 aromatic rings. The van der Waals surface area contributed by atoms with E-state index in [1.165, 1.54) is 13.0 Å². The first-order chi connectivity index (χ1) is 14.1. The molecule has 0 aromatic carbocycles. The van der Waals surface area contributed by atoms with Crippen LogP contribution in [-0.4, -0.2) is 51.0 Å². The maximum absolute atomic E-state index is 12.8. The summed E-state index contributed by atoms with van der Waals surface area (Å²) in [4.78, 5) is 59.8. The molecule has 0 radical (unpaired) electrons. The number of aliphatic carboxylic acids is 1. The van der Waals surface area contributed by atoms with Crippen molar-refractivity contribution >= 4 is 41.3 Å². The number of allylic oxidation sites excluding steroid dienone is 2. The van der Waals surface area contributed by atoms with Crippen LogP contribution in [-0.2, 0) is 27.3 Å². The molecule has 11 heteroatoms. The lowest BCUT2D eigenvalue weighted by Crippen LogP contribution is -2.41. The monoisotopic (exact) mass is 435 g/mol. The van der Waals surface area contributed by atoms with Crippen LogP contribution in [0.1, 0.15) is 57.8 Å². The predicted molar refractivity (Wildman–Crippen MR) is 106 cm³/mol. The Kier molecular flexibility index (Phi) is 6.01. The van der Waals surface area contributed by atoms with Crippen molar-refractivity contribution in [1.29, 1.82) is 0 Å². The Bertz CT molecular complexity index is 995. The summed E-state index contributed by atoms with van der Waals surface area (Å²) >= 11 is 0.913. The van der Waals surface area contributed by atoms with Crippen molar-refractivity contribution in [3.05, 3.63) is 34.2 Å². The maximum Gasteiger partial charge on any atom is 0.405 e. The minimum Gasteiger partial charge on any atom is -0.480 e. The molecule has 2 atom stereocenters. The van der Waals surface area contributed by atoms with Crippen molar-refractivity contribution in [2.24, 2.45) is 5.73 Å². The SMILES string of the molecule is CC(=O)N[C@H](CSC(OC(N)=O)c1c2c(n3c1CCC3)C(=O)C(C)=CC2=O)C(=O)O. The molecule has 4 N–H and O–H groups in total. The number of nitrogens with two attached hydrogens (primary N) is 1. The summed E-state index contributed by atoms with van der Waals surface area (Å²) in [5.41, 5.74) is 5.91. The van der Waals surface area contributed by atoms with E-state index in [0.29, 0.717) is 29.8 Å². The van der Waals surface area contributed by atoms with Gasteiger partial charge in [0, 0.05) is 36.1 Å². The lowest BCUT2D eigenvalue weighted by Gasteiger charge is -2.21. The van der Waals surface area contributed by atoms with E-state index in [0.717, 1.165) is 18.2 Å². The molecule has 2 heterocycles. The quantitative estimate of drug-likeness (QED) is 0.539. The van der Waals surface area contributed by atoms with Gasteiger partial charge in [-0.05, 0) is 25.8 Å². The van der Waals surface area contributed by atoms with Gasteiger partial charge >= 0.3 is 12.1 Å². The molecule has 2 amide bonds. The second kappa shape index (κ2) is 8.34. The largest absolute Gasteiger partial charge is 0.480 e. The smallest absolute Gasteiger partial charge is 0.405 e. The molecule has 30 heavy (non-hydrogen) atoms. The number of primary amides is 1. The first kappa shape index (κ1) is 21.6. The van der Waals surface area contributed by atoms with E-state index in [9.17, 15) is 29.1 Å². The van der Waals surface area contributed by atoms with Gasteiger partial charge in [-0.1, -0.05) is 0 Å². The number of ether oxygens (including phenoxy) is 1. The average Bonchev–Trinajstić information content (AvgIpc) is 3.21. The van der Waals surface area contributed by atoms with Crippen molar-refractivity contribution in [3.63, 3.8) is 0 Å². The summed E-state index contributed by atoms with van der Waals surface area (Å²) in [7, 11) is 0. The average molecular weight is 435 g/mol. The Morgan fingerprint density at radius 2 is 2.07 bits per heavy atom. The van der Waals surface area contributed by atoms with Crippen molar-refractivity contribution < 1.29 is 33.8 Å². The number of carbonyl (C=O) groups excluding carboxylic acids is 4. The molecule has 1 aromatic heterocycles. The summed E-state index contributed by atoms with van der Waals surface area (Å²) in [5.74, 6) is -2.59. The number of carbonyl (C=O) groups is 5. The highest BCUT2D eigenvalue weighted by molar-refractivity contribution is 7.99. The van der Waals surface area contributed by atoms with Crippen LogP contribution in [0.3, 0.4) is 0 Å². The number of ketones is 2. The van der Waals surface area contributed by atoms with E-state index < -0.39 is 29.4 Å². The number of nitrogens with zero attached hydrogens (tertiary/aromatic N) is 1. The van der Waals surface area contributed by atoms with Gasteiger partial charge in [-0.2, -0.15) is 0 Å². The Hall–Kier alpha value is -3.08. The predicted octanol–water partition coefficient (Wildman–Crippen LogP) is 1.18. The Morgan fingerprint density at radius 1 is 1.37 bits per heavy atom. The summed E-state index contributed by atoms with van der Waals surface area (Å²) in [6, 6.07) is -1.24. The lowest BCUT2D eigenvalue weighted by molar-refractivity contribution is -0.140. The normalized spacial score (nSPS) is 16.9. The summed E-state index contributed by atoms with van der Waals surface area (Å²) in [6.07, 6.45) is 1.45. The van der Waals surface area contributed by atoms with Gasteiger partial charge < -0.3 is 25.5 Å². The molecule has 0 spiro atoms. The zero-order chi connectivity index (χ0) is 22.2. The number of nitrogens with one attached hydrogen (secondary N) is 1. The van der Waals surface area contributed by atoms with Crippen LogP contribution in [0, 0.1) is 0 Å². The van der Waals surface area contributed by atoms with E-state index in [1.54, 1.807) is 11.5 Å². The highest BCUT2D eigenvalue weighted by atomic mass is 32.2. The van der Waals surface area contributed by atoms with Crippen molar-refractivity contribution in [3.8, 4) is 0 Å². The summed E-state index contributed by atoms with van der Waals surface area (Å²) < 4.78 is 7.00. The molecule has 2 aliphatic rings. The molecular weight excluding hydrogens is 414 g/mol. The molecule has 0 bridgehead atoms. The van der Waals surface area contributed by atoms with Crippen LogP contribution in [0.15, 0.2) is 11.6 Å². The van der Waals surface area contributed by atoms with Crippen molar-refractivity contribution in [2.75, 3.05) is 5.75 Å². The molecule has 1 unspecified atom stereocenters. The number of amides is 2. The molecule has 3 rings (SSSR count). The van der Waals surface area contributed by atoms with Gasteiger partial charge in [0.05, 0.1) is 5.56 Å². The molecule has 160 valence electrons. The number of carboxylic acids is 1. The van der Waals surface area contributed by atoms with E-state index >= 15 is 0 Å². The standard InChI is InChI=1S/C19H21N3O7S/c1-8-6-12(24)14-13(11-4-3-5-22(11)15(14)16(8)25)18(29-19(20)28)30-7-10(17(26)27)21-9(2)23/h6,10,18H,3-5,7H2,1-2H3,(H2,20,28)(H,21,23)(H,26,27)/t10-,18?/m1/s1. The fourth-order valence-electron chi connectivity index (χ4n) is 3.75. The third-order valence-electron chi connectivity index (χ3n) is 4.92. The minimum absolute atomic E-state index is 0.150. The topological polar surface area (TPSA) is 158 Å². The van der Waals surface area contributed by atoms with Gasteiger partial charge in [0.1, 0.15) is 11.7 Å². The molecule has 1 aliphatic heterocycles. The van der Waals surface area contributed by atoms with Crippen LogP contribution < -0.4 is 11.1 Å². The molecular formula is C19H21N3O7S. The number of hydrogen-bond donors (Lipinski definition) is 3. The first-order valence-corrected chi connectivity index (χ1v) is 10.3. The highest BCUT2D eigenvalue weighted by Crippen LogP contribution is 2.42. The van der Waals surface area contributed by atoms with Gasteiger partial charge in [0.15, 0.2) is 11.2 Å². The van der Waals surface area contributed by atoms with Gasteiger partial charge in [0.25, 0.3) is 0 Å². The third-order valence-corrected chi connectivity index (χ3v) is 6.08. The molecule has 1 aliphatic carbocycles. The van der Waals surface area contributed by atoms with Gasteiger partial charge in [0.2, 0.25) is 11.7 Å². The van der Waals surface area contributed by atoms with Crippen LogP contribution in [0.5, 0.6) is 0 Å². The summed E-state index contributed by atoms with van der Waals surface area (Å²) in [5, 5.41) is 11.6. The summed E-state index contributed by atoms with van der Waals surface area (Å²) in [6.45, 7) is 3.30. The number of fused-ring (bicyclic) bond motifs is 3. The fraction of sp³-hybridized carbons (Fsp3) is 0.421. The van der Waals surface area contributed by atoms with Gasteiger partial charge in [-0.25, -0.2) is 9.59 Å². The van der Waals surface area contributed by atoms with Crippen molar-refractivity contribution in [1.82, 2.24) is 9.88 Å². The zero-order valence-electron chi connectivity index (χ0n) is 16.4. The number of Topliss-reactive ketones (excluding diaryl/α,β-unsaturated/α-hetero) is 1. The van der Waals surface area contributed by atoms with Crippen LogP contribution in [0.25, 0.3) is 0 Å². The van der Waals surface area contributed by atoms with Crippen molar-refractivity contribution in [2.45, 2.75) is 44.7 Å². The highest BCUT2D eigenvalue weighted by Gasteiger charge is 2.39. The van der Waals surface area contributed by atoms with Crippen LogP contribution >= 0.6 is 11.8 Å². The molecule has 0 fully saturated rings. The van der Waals surface area contributed by atoms with E-state index in [2.05, 4.69) is 5.32 Å². The third kappa shape index (κ3) is 3.97. The maximum atomic E-state index is 12.8. The second-order valence-corrected chi connectivity index (χ2v) is 8.15. The number of thioether (sulfide) groups is 1. The number of aromatic nitrogens is 1. The van der Waals surface area contributed by atoms with Crippen LogP contribution in [0.2, 0.25) is 0 Å². The Balaban J connectivity index is 2.03. The Labute approximate surface area is 175 Å².